The molecule has 22 heavy (non-hydrogen) atoms. The van der Waals surface area contributed by atoms with E-state index in [9.17, 15) is 0 Å². The molecule has 0 aliphatic carbocycles. The number of hydrogen-bond acceptors (Lipinski definition) is 2. The summed E-state index contributed by atoms with van der Waals surface area (Å²) in [6, 6.07) is 16.3. The fraction of sp³-hybridized carbons (Fsp3) is 0.300. The summed E-state index contributed by atoms with van der Waals surface area (Å²) in [6.07, 6.45) is 2.69. The first-order chi connectivity index (χ1) is 10.5. The Kier molecular flexibility index (Phi) is 5.40. The molecule has 0 saturated carbocycles. The molecule has 0 aromatic heterocycles. The highest BCUT2D eigenvalue weighted by Gasteiger charge is 2.21. The standard InChI is InChI=1S/C20H24O2/c1-5-18-16(2)10-9-13-19(18)22-20(3,4)21-15-14-17-11-7-6-8-12-17/h5-13H,1,14-15H2,2-4H3. The SMILES string of the molecule is C=Cc1c(C)cccc1OC(C)(C)OCCc1ccccc1. The Morgan fingerprint density at radius 1 is 1.05 bits per heavy atom. The summed E-state index contributed by atoms with van der Waals surface area (Å²) in [7, 11) is 0. The lowest BCUT2D eigenvalue weighted by molar-refractivity contribution is -0.155. The van der Waals surface area contributed by atoms with Crippen LogP contribution in [0.5, 0.6) is 5.75 Å². The van der Waals surface area contributed by atoms with Crippen molar-refractivity contribution in [1.29, 1.82) is 0 Å². The second-order valence-corrected chi connectivity index (χ2v) is 5.78. The number of hydrogen-bond donors (Lipinski definition) is 0. The topological polar surface area (TPSA) is 18.5 Å². The summed E-state index contributed by atoms with van der Waals surface area (Å²) in [5.41, 5.74) is 3.43. The van der Waals surface area contributed by atoms with Crippen LogP contribution in [-0.4, -0.2) is 12.4 Å². The smallest absolute Gasteiger partial charge is 0.204 e. The van der Waals surface area contributed by atoms with Crippen molar-refractivity contribution in [3.63, 3.8) is 0 Å². The molecule has 0 spiro atoms. The molecule has 0 fully saturated rings. The zero-order valence-corrected chi connectivity index (χ0v) is 13.6. The molecule has 0 bridgehead atoms. The van der Waals surface area contributed by atoms with Gasteiger partial charge in [-0.2, -0.15) is 0 Å². The number of aryl methyl sites for hydroxylation is 1. The normalized spacial score (nSPS) is 11.2. The van der Waals surface area contributed by atoms with Crippen molar-refractivity contribution >= 4 is 6.08 Å². The van der Waals surface area contributed by atoms with Crippen LogP contribution in [0.3, 0.4) is 0 Å². The average Bonchev–Trinajstić information content (AvgIpc) is 2.48. The highest BCUT2D eigenvalue weighted by Crippen LogP contribution is 2.27. The minimum absolute atomic E-state index is 0.617. The molecular weight excluding hydrogens is 272 g/mol. The lowest BCUT2D eigenvalue weighted by atomic mass is 10.1. The van der Waals surface area contributed by atoms with Crippen molar-refractivity contribution in [2.45, 2.75) is 33.0 Å². The van der Waals surface area contributed by atoms with E-state index < -0.39 is 5.79 Å². The van der Waals surface area contributed by atoms with Gasteiger partial charge in [-0.3, -0.25) is 0 Å². The van der Waals surface area contributed by atoms with Crippen molar-refractivity contribution in [3.8, 4) is 5.75 Å². The van der Waals surface area contributed by atoms with Crippen LogP contribution >= 0.6 is 0 Å². The Morgan fingerprint density at radius 2 is 1.77 bits per heavy atom. The number of benzene rings is 2. The molecule has 0 heterocycles. The van der Waals surface area contributed by atoms with Gasteiger partial charge in [-0.25, -0.2) is 0 Å². The molecule has 0 atom stereocenters. The maximum absolute atomic E-state index is 6.05. The van der Waals surface area contributed by atoms with Gasteiger partial charge in [-0.1, -0.05) is 55.1 Å². The molecule has 0 aliphatic heterocycles. The first-order valence-electron chi connectivity index (χ1n) is 7.61. The summed E-state index contributed by atoms with van der Waals surface area (Å²) in [6.45, 7) is 10.4. The zero-order valence-electron chi connectivity index (χ0n) is 13.6. The van der Waals surface area contributed by atoms with E-state index in [1.54, 1.807) is 0 Å². The Labute approximate surface area is 133 Å². The molecule has 0 saturated heterocycles. The van der Waals surface area contributed by atoms with Crippen LogP contribution in [0.4, 0.5) is 0 Å². The third-order valence-corrected chi connectivity index (χ3v) is 3.53. The molecule has 2 nitrogen and oxygen atoms in total. The van der Waals surface area contributed by atoms with Crippen LogP contribution in [0.2, 0.25) is 0 Å². The summed E-state index contributed by atoms with van der Waals surface area (Å²) in [5, 5.41) is 0. The van der Waals surface area contributed by atoms with Crippen LogP contribution < -0.4 is 4.74 Å². The second-order valence-electron chi connectivity index (χ2n) is 5.78. The van der Waals surface area contributed by atoms with Gasteiger partial charge >= 0.3 is 0 Å². The lowest BCUT2D eigenvalue weighted by Crippen LogP contribution is -2.33. The molecule has 2 aromatic rings. The van der Waals surface area contributed by atoms with E-state index in [2.05, 4.69) is 18.7 Å². The molecular formula is C20H24O2. The van der Waals surface area contributed by atoms with E-state index in [4.69, 9.17) is 9.47 Å². The third-order valence-electron chi connectivity index (χ3n) is 3.53. The predicted octanol–water partition coefficient (Wildman–Crippen LogP) is 5.01. The van der Waals surface area contributed by atoms with Gasteiger partial charge in [0, 0.05) is 19.4 Å². The van der Waals surface area contributed by atoms with Crippen LogP contribution in [0, 0.1) is 6.92 Å². The summed E-state index contributed by atoms with van der Waals surface area (Å²) < 4.78 is 12.0. The van der Waals surface area contributed by atoms with Gasteiger partial charge in [0.2, 0.25) is 5.79 Å². The van der Waals surface area contributed by atoms with Crippen molar-refractivity contribution in [2.24, 2.45) is 0 Å². The van der Waals surface area contributed by atoms with Crippen LogP contribution in [-0.2, 0) is 11.2 Å². The fourth-order valence-electron chi connectivity index (χ4n) is 2.36. The van der Waals surface area contributed by atoms with E-state index >= 15 is 0 Å². The third kappa shape index (κ3) is 4.47. The molecule has 2 rings (SSSR count). The molecule has 116 valence electrons. The first kappa shape index (κ1) is 16.3. The zero-order chi connectivity index (χ0) is 16.0. The lowest BCUT2D eigenvalue weighted by Gasteiger charge is -2.28. The minimum Gasteiger partial charge on any atom is -0.462 e. The number of rotatable bonds is 7. The Balaban J connectivity index is 1.96. The van der Waals surface area contributed by atoms with Crippen molar-refractivity contribution in [1.82, 2.24) is 0 Å². The summed E-state index contributed by atoms with van der Waals surface area (Å²) >= 11 is 0. The summed E-state index contributed by atoms with van der Waals surface area (Å²) in [5.74, 6) is 0.125. The van der Waals surface area contributed by atoms with Crippen LogP contribution in [0.15, 0.2) is 55.1 Å². The van der Waals surface area contributed by atoms with Crippen LogP contribution in [0.1, 0.15) is 30.5 Å². The van der Waals surface area contributed by atoms with E-state index in [0.717, 1.165) is 23.3 Å². The Hall–Kier alpha value is -2.06. The summed E-state index contributed by atoms with van der Waals surface area (Å²) in [4.78, 5) is 0. The van der Waals surface area contributed by atoms with Gasteiger partial charge < -0.3 is 9.47 Å². The van der Waals surface area contributed by atoms with E-state index in [1.807, 2.05) is 63.2 Å². The maximum atomic E-state index is 6.05. The number of ether oxygens (including phenoxy) is 2. The molecule has 0 aliphatic rings. The Bertz CT molecular complexity index is 615. The average molecular weight is 296 g/mol. The molecule has 0 unspecified atom stereocenters. The van der Waals surface area contributed by atoms with Gasteiger partial charge in [0.05, 0.1) is 6.61 Å². The van der Waals surface area contributed by atoms with Gasteiger partial charge in [0.25, 0.3) is 0 Å². The van der Waals surface area contributed by atoms with Crippen molar-refractivity contribution < 1.29 is 9.47 Å². The molecule has 2 heteroatoms. The second kappa shape index (κ2) is 7.28. The minimum atomic E-state index is -0.680. The Morgan fingerprint density at radius 3 is 2.45 bits per heavy atom. The van der Waals surface area contributed by atoms with Crippen molar-refractivity contribution in [3.05, 3.63) is 71.8 Å². The highest BCUT2D eigenvalue weighted by molar-refractivity contribution is 5.59. The van der Waals surface area contributed by atoms with E-state index in [1.165, 1.54) is 5.56 Å². The molecule has 0 N–H and O–H groups in total. The van der Waals surface area contributed by atoms with Gasteiger partial charge in [0.15, 0.2) is 0 Å². The highest BCUT2D eigenvalue weighted by atomic mass is 16.7. The monoisotopic (exact) mass is 296 g/mol. The van der Waals surface area contributed by atoms with Gasteiger partial charge in [-0.15, -0.1) is 0 Å². The largest absolute Gasteiger partial charge is 0.462 e. The molecule has 0 radical (unpaired) electrons. The predicted molar refractivity (Wildman–Crippen MR) is 92.1 cm³/mol. The van der Waals surface area contributed by atoms with E-state index in [-0.39, 0.29) is 0 Å². The maximum Gasteiger partial charge on any atom is 0.204 e. The van der Waals surface area contributed by atoms with Crippen molar-refractivity contribution in [2.75, 3.05) is 6.61 Å². The van der Waals surface area contributed by atoms with Crippen LogP contribution in [0.25, 0.3) is 6.08 Å². The quantitative estimate of drug-likeness (QED) is 0.668. The van der Waals surface area contributed by atoms with Gasteiger partial charge in [-0.05, 0) is 30.5 Å². The van der Waals surface area contributed by atoms with Gasteiger partial charge in [0.1, 0.15) is 5.75 Å². The first-order valence-corrected chi connectivity index (χ1v) is 7.61. The van der Waals surface area contributed by atoms with E-state index in [0.29, 0.717) is 6.61 Å². The molecule has 2 aromatic carbocycles. The molecule has 0 amide bonds. The fourth-order valence-corrected chi connectivity index (χ4v) is 2.36.